The second kappa shape index (κ2) is 8.02. The van der Waals surface area contributed by atoms with E-state index in [9.17, 15) is 4.79 Å². The molecule has 0 radical (unpaired) electrons. The van der Waals surface area contributed by atoms with Crippen LogP contribution in [0.15, 0.2) is 36.5 Å². The predicted octanol–water partition coefficient (Wildman–Crippen LogP) is 1.71. The summed E-state index contributed by atoms with van der Waals surface area (Å²) in [5, 5.41) is 3.15. The number of nitrogens with zero attached hydrogens (tertiary/aromatic N) is 3. The molecule has 2 fully saturated rings. The Morgan fingerprint density at radius 3 is 2.63 bits per heavy atom. The van der Waals surface area contributed by atoms with Crippen molar-refractivity contribution in [3.8, 4) is 11.4 Å². The van der Waals surface area contributed by atoms with Gasteiger partial charge in [-0.2, -0.15) is 0 Å². The molecule has 142 valence electrons. The highest BCUT2D eigenvalue weighted by Gasteiger charge is 2.34. The maximum Gasteiger partial charge on any atom is 0.251 e. The minimum atomic E-state index is -0.0763. The van der Waals surface area contributed by atoms with E-state index in [1.54, 1.807) is 24.4 Å². The van der Waals surface area contributed by atoms with Crippen molar-refractivity contribution in [1.29, 1.82) is 0 Å². The lowest BCUT2D eigenvalue weighted by molar-refractivity contribution is 0.0900. The quantitative estimate of drug-likeness (QED) is 0.854. The molecule has 0 unspecified atom stereocenters. The highest BCUT2D eigenvalue weighted by molar-refractivity contribution is 5.94. The molecule has 4 rings (SSSR count). The molecule has 2 aliphatic rings. The van der Waals surface area contributed by atoms with Gasteiger partial charge in [0, 0.05) is 17.3 Å². The van der Waals surface area contributed by atoms with Crippen LogP contribution in [-0.2, 0) is 4.74 Å². The number of amides is 1. The lowest BCUT2D eigenvalue weighted by Crippen LogP contribution is -2.52. The average Bonchev–Trinajstić information content (AvgIpc) is 3.17. The Bertz CT molecular complexity index is 789. The van der Waals surface area contributed by atoms with E-state index >= 15 is 0 Å². The lowest BCUT2D eigenvalue weighted by atomic mass is 10.0. The van der Waals surface area contributed by atoms with Gasteiger partial charge < -0.3 is 15.8 Å². The van der Waals surface area contributed by atoms with Crippen molar-refractivity contribution in [1.82, 2.24) is 20.2 Å². The highest BCUT2D eigenvalue weighted by Crippen LogP contribution is 2.20. The summed E-state index contributed by atoms with van der Waals surface area (Å²) in [6.45, 7) is 3.45. The molecular formula is C20H25N5O2. The molecule has 2 aromatic rings. The van der Waals surface area contributed by atoms with Crippen LogP contribution in [0, 0.1) is 0 Å². The first kappa shape index (κ1) is 17.9. The largest absolute Gasteiger partial charge is 0.384 e. The van der Waals surface area contributed by atoms with Crippen LogP contribution in [0.2, 0.25) is 0 Å². The molecule has 3 N–H and O–H groups in total. The summed E-state index contributed by atoms with van der Waals surface area (Å²) >= 11 is 0. The zero-order valence-electron chi connectivity index (χ0n) is 15.3. The highest BCUT2D eigenvalue weighted by atomic mass is 16.5. The number of nitrogens with one attached hydrogen (secondary N) is 1. The van der Waals surface area contributed by atoms with E-state index in [0.29, 0.717) is 30.4 Å². The van der Waals surface area contributed by atoms with Crippen LogP contribution < -0.4 is 11.1 Å². The Balaban J connectivity index is 1.42. The van der Waals surface area contributed by atoms with Gasteiger partial charge in [0.25, 0.3) is 5.91 Å². The second-order valence-corrected chi connectivity index (χ2v) is 7.16. The van der Waals surface area contributed by atoms with Gasteiger partial charge >= 0.3 is 0 Å². The number of hydrogen-bond acceptors (Lipinski definition) is 6. The van der Waals surface area contributed by atoms with E-state index in [1.807, 2.05) is 12.1 Å². The first-order valence-electron chi connectivity index (χ1n) is 9.52. The molecule has 1 amide bonds. The van der Waals surface area contributed by atoms with Crippen molar-refractivity contribution in [2.24, 2.45) is 0 Å². The van der Waals surface area contributed by atoms with Gasteiger partial charge in [-0.25, -0.2) is 9.97 Å². The number of nitrogens with two attached hydrogens (primary N) is 1. The third kappa shape index (κ3) is 4.09. The molecule has 0 bridgehead atoms. The van der Waals surface area contributed by atoms with Crippen molar-refractivity contribution in [3.05, 3.63) is 42.1 Å². The van der Waals surface area contributed by atoms with Gasteiger partial charge in [0.15, 0.2) is 5.82 Å². The number of anilines is 1. The maximum absolute atomic E-state index is 12.7. The number of piperidine rings is 1. The summed E-state index contributed by atoms with van der Waals surface area (Å²) in [7, 11) is 0. The fourth-order valence-corrected chi connectivity index (χ4v) is 3.82. The SMILES string of the molecule is Nc1ccnc(-c2ccc(C(=O)N[C@H]3COC[C@@H]3N3CCCCC3)cc2)n1. The molecule has 2 aliphatic heterocycles. The Labute approximate surface area is 158 Å². The molecule has 2 saturated heterocycles. The minimum absolute atomic E-state index is 0.0348. The van der Waals surface area contributed by atoms with Crippen LogP contribution in [0.25, 0.3) is 11.4 Å². The van der Waals surface area contributed by atoms with Crippen molar-refractivity contribution >= 4 is 11.7 Å². The molecule has 1 aromatic heterocycles. The Hall–Kier alpha value is -2.51. The Kier molecular flexibility index (Phi) is 5.31. The van der Waals surface area contributed by atoms with E-state index in [-0.39, 0.29) is 18.0 Å². The number of benzene rings is 1. The number of carbonyl (C=O) groups excluding carboxylic acids is 1. The van der Waals surface area contributed by atoms with E-state index in [4.69, 9.17) is 10.5 Å². The first-order chi connectivity index (χ1) is 13.2. The summed E-state index contributed by atoms with van der Waals surface area (Å²) in [4.78, 5) is 23.6. The molecule has 0 spiro atoms. The van der Waals surface area contributed by atoms with Crippen LogP contribution in [0.3, 0.4) is 0 Å². The predicted molar refractivity (Wildman–Crippen MR) is 103 cm³/mol. The zero-order chi connectivity index (χ0) is 18.6. The summed E-state index contributed by atoms with van der Waals surface area (Å²) in [6, 6.07) is 9.23. The third-order valence-electron chi connectivity index (χ3n) is 5.31. The van der Waals surface area contributed by atoms with Gasteiger partial charge in [-0.05, 0) is 44.1 Å². The number of aromatic nitrogens is 2. The number of nitrogen functional groups attached to an aromatic ring is 1. The minimum Gasteiger partial charge on any atom is -0.384 e. The monoisotopic (exact) mass is 367 g/mol. The molecule has 27 heavy (non-hydrogen) atoms. The van der Waals surface area contributed by atoms with Gasteiger partial charge in [0.1, 0.15) is 5.82 Å². The van der Waals surface area contributed by atoms with Gasteiger partial charge in [0.2, 0.25) is 0 Å². The molecule has 1 aromatic carbocycles. The number of rotatable bonds is 4. The van der Waals surface area contributed by atoms with E-state index < -0.39 is 0 Å². The third-order valence-corrected chi connectivity index (χ3v) is 5.31. The van der Waals surface area contributed by atoms with Crippen molar-refractivity contribution in [2.45, 2.75) is 31.3 Å². The number of hydrogen-bond donors (Lipinski definition) is 2. The van der Waals surface area contributed by atoms with Crippen molar-refractivity contribution < 1.29 is 9.53 Å². The summed E-state index contributed by atoms with van der Waals surface area (Å²) in [5.74, 6) is 0.899. The van der Waals surface area contributed by atoms with Gasteiger partial charge in [0.05, 0.1) is 25.3 Å². The fraction of sp³-hybridized carbons (Fsp3) is 0.450. The van der Waals surface area contributed by atoms with E-state index in [1.165, 1.54) is 19.3 Å². The standard InChI is InChI=1S/C20H25N5O2/c21-18-8-9-22-19(24-18)14-4-6-15(7-5-14)20(26)23-16-12-27-13-17(16)25-10-2-1-3-11-25/h4-9,16-17H,1-3,10-13H2,(H,23,26)(H2,21,22,24)/t16-,17-/m0/s1. The van der Waals surface area contributed by atoms with Crippen LogP contribution in [0.5, 0.6) is 0 Å². The van der Waals surface area contributed by atoms with Gasteiger partial charge in [-0.1, -0.05) is 18.6 Å². The van der Waals surface area contributed by atoms with Crippen molar-refractivity contribution in [2.75, 3.05) is 32.0 Å². The normalized spacial score (nSPS) is 23.3. The van der Waals surface area contributed by atoms with E-state index in [2.05, 4.69) is 20.2 Å². The van der Waals surface area contributed by atoms with Crippen LogP contribution in [0.4, 0.5) is 5.82 Å². The van der Waals surface area contributed by atoms with Crippen LogP contribution >= 0.6 is 0 Å². The summed E-state index contributed by atoms with van der Waals surface area (Å²) in [6.07, 6.45) is 5.37. The summed E-state index contributed by atoms with van der Waals surface area (Å²) < 4.78 is 5.66. The van der Waals surface area contributed by atoms with E-state index in [0.717, 1.165) is 18.7 Å². The smallest absolute Gasteiger partial charge is 0.251 e. The lowest BCUT2D eigenvalue weighted by Gasteiger charge is -2.34. The molecule has 7 heteroatoms. The first-order valence-corrected chi connectivity index (χ1v) is 9.52. The Morgan fingerprint density at radius 2 is 1.89 bits per heavy atom. The molecular weight excluding hydrogens is 342 g/mol. The molecule has 2 atom stereocenters. The van der Waals surface area contributed by atoms with Gasteiger partial charge in [-0.3, -0.25) is 9.69 Å². The van der Waals surface area contributed by atoms with Crippen molar-refractivity contribution in [3.63, 3.8) is 0 Å². The topological polar surface area (TPSA) is 93.4 Å². The molecule has 7 nitrogen and oxygen atoms in total. The number of carbonyl (C=O) groups is 1. The average molecular weight is 367 g/mol. The number of likely N-dealkylation sites (tertiary alicyclic amines) is 1. The maximum atomic E-state index is 12.7. The van der Waals surface area contributed by atoms with Gasteiger partial charge in [-0.15, -0.1) is 0 Å². The van der Waals surface area contributed by atoms with Crippen LogP contribution in [-0.4, -0.2) is 59.2 Å². The Morgan fingerprint density at radius 1 is 1.11 bits per heavy atom. The van der Waals surface area contributed by atoms with Crippen LogP contribution in [0.1, 0.15) is 29.6 Å². The summed E-state index contributed by atoms with van der Waals surface area (Å²) in [5.41, 5.74) is 7.15. The zero-order valence-corrected chi connectivity index (χ0v) is 15.3. The fourth-order valence-electron chi connectivity index (χ4n) is 3.82. The molecule has 3 heterocycles. The second-order valence-electron chi connectivity index (χ2n) is 7.16. The molecule has 0 saturated carbocycles. The number of ether oxygens (including phenoxy) is 1. The molecule has 0 aliphatic carbocycles.